The van der Waals surface area contributed by atoms with E-state index in [2.05, 4.69) is 30.8 Å². The summed E-state index contributed by atoms with van der Waals surface area (Å²) in [5.74, 6) is 1.26. The Labute approximate surface area is 163 Å². The molecule has 2 heterocycles. The van der Waals surface area contributed by atoms with E-state index >= 15 is 0 Å². The Bertz CT molecular complexity index is 806. The summed E-state index contributed by atoms with van der Waals surface area (Å²) in [6.07, 6.45) is 1.53. The first-order valence-electron chi connectivity index (χ1n) is 9.16. The van der Waals surface area contributed by atoms with E-state index in [-0.39, 0.29) is 11.8 Å². The zero-order valence-electron chi connectivity index (χ0n) is 15.8. The van der Waals surface area contributed by atoms with E-state index in [1.54, 1.807) is 24.3 Å². The van der Waals surface area contributed by atoms with E-state index in [9.17, 15) is 9.59 Å². The second kappa shape index (κ2) is 9.65. The summed E-state index contributed by atoms with van der Waals surface area (Å²) in [7, 11) is 0. The van der Waals surface area contributed by atoms with Gasteiger partial charge in [-0.05, 0) is 24.3 Å². The summed E-state index contributed by atoms with van der Waals surface area (Å²) >= 11 is 0. The maximum absolute atomic E-state index is 12.2. The molecule has 0 saturated carbocycles. The van der Waals surface area contributed by atoms with Crippen molar-refractivity contribution < 1.29 is 14.3 Å². The van der Waals surface area contributed by atoms with Gasteiger partial charge in [-0.3, -0.25) is 9.59 Å². The predicted octanol–water partition coefficient (Wildman–Crippen LogP) is 1.11. The van der Waals surface area contributed by atoms with Crippen molar-refractivity contribution in [2.75, 3.05) is 54.9 Å². The number of carbonyl (C=O) groups excluding carboxylic acids is 2. The van der Waals surface area contributed by atoms with Crippen LogP contribution in [0.1, 0.15) is 17.3 Å². The monoisotopic (exact) mass is 384 g/mol. The molecule has 9 heteroatoms. The first-order chi connectivity index (χ1) is 13.6. The van der Waals surface area contributed by atoms with E-state index < -0.39 is 0 Å². The number of amides is 2. The minimum absolute atomic E-state index is 0.148. The third-order valence-corrected chi connectivity index (χ3v) is 4.17. The van der Waals surface area contributed by atoms with Crippen LogP contribution in [0.4, 0.5) is 17.3 Å². The van der Waals surface area contributed by atoms with Crippen LogP contribution < -0.4 is 20.9 Å². The molecule has 148 valence electrons. The van der Waals surface area contributed by atoms with E-state index in [1.807, 2.05) is 6.07 Å². The molecule has 3 N–H and O–H groups in total. The lowest BCUT2D eigenvalue weighted by Crippen LogP contribution is -2.36. The molecule has 28 heavy (non-hydrogen) atoms. The van der Waals surface area contributed by atoms with Gasteiger partial charge >= 0.3 is 0 Å². The van der Waals surface area contributed by atoms with Crippen LogP contribution in [-0.4, -0.2) is 61.2 Å². The van der Waals surface area contributed by atoms with Crippen LogP contribution in [0.3, 0.4) is 0 Å². The van der Waals surface area contributed by atoms with Gasteiger partial charge in [-0.2, -0.15) is 0 Å². The van der Waals surface area contributed by atoms with Gasteiger partial charge in [0.25, 0.3) is 5.91 Å². The Balaban J connectivity index is 1.44. The fourth-order valence-corrected chi connectivity index (χ4v) is 2.79. The van der Waals surface area contributed by atoms with Crippen LogP contribution in [0.2, 0.25) is 0 Å². The normalized spacial score (nSPS) is 13.7. The van der Waals surface area contributed by atoms with Crippen molar-refractivity contribution in [3.05, 3.63) is 42.2 Å². The number of hydrogen-bond donors (Lipinski definition) is 3. The zero-order chi connectivity index (χ0) is 19.8. The van der Waals surface area contributed by atoms with Gasteiger partial charge in [-0.15, -0.1) is 0 Å². The van der Waals surface area contributed by atoms with Crippen molar-refractivity contribution in [1.82, 2.24) is 15.3 Å². The van der Waals surface area contributed by atoms with E-state index in [4.69, 9.17) is 4.74 Å². The van der Waals surface area contributed by atoms with Crippen LogP contribution in [0, 0.1) is 0 Å². The molecular weight excluding hydrogens is 360 g/mol. The lowest BCUT2D eigenvalue weighted by atomic mass is 10.2. The highest BCUT2D eigenvalue weighted by atomic mass is 16.5. The molecule has 1 aromatic heterocycles. The molecule has 0 spiro atoms. The second-order valence-corrected chi connectivity index (χ2v) is 6.30. The fraction of sp³-hybridized carbons (Fsp3) is 0.368. The van der Waals surface area contributed by atoms with Crippen LogP contribution >= 0.6 is 0 Å². The molecule has 1 aromatic carbocycles. The summed E-state index contributed by atoms with van der Waals surface area (Å²) < 4.78 is 5.35. The number of rotatable bonds is 7. The maximum Gasteiger partial charge on any atom is 0.251 e. The predicted molar refractivity (Wildman–Crippen MR) is 107 cm³/mol. The molecular formula is C19H24N6O3. The molecule has 0 unspecified atom stereocenters. The standard InChI is InChI=1S/C19H24N6O3/c1-14(26)24-16-4-2-15(3-5-16)19(27)21-7-6-20-17-12-18(23-13-22-17)25-8-10-28-11-9-25/h2-5,12-13H,6-11H2,1H3,(H,21,27)(H,24,26)(H,20,22,23). The second-order valence-electron chi connectivity index (χ2n) is 6.30. The third kappa shape index (κ3) is 5.65. The molecule has 1 aliphatic heterocycles. The van der Waals surface area contributed by atoms with E-state index in [0.29, 0.717) is 43.4 Å². The van der Waals surface area contributed by atoms with Crippen molar-refractivity contribution >= 4 is 29.1 Å². The number of benzene rings is 1. The Morgan fingerprint density at radius 1 is 1.11 bits per heavy atom. The summed E-state index contributed by atoms with van der Waals surface area (Å²) in [6.45, 7) is 5.45. The molecule has 3 rings (SSSR count). The molecule has 1 fully saturated rings. The topological polar surface area (TPSA) is 108 Å². The molecule has 2 aromatic rings. The highest BCUT2D eigenvalue weighted by molar-refractivity contribution is 5.95. The highest BCUT2D eigenvalue weighted by Crippen LogP contribution is 2.15. The summed E-state index contributed by atoms with van der Waals surface area (Å²) in [6, 6.07) is 8.64. The molecule has 0 atom stereocenters. The Morgan fingerprint density at radius 3 is 2.57 bits per heavy atom. The number of aromatic nitrogens is 2. The number of anilines is 3. The maximum atomic E-state index is 12.2. The average Bonchev–Trinajstić information content (AvgIpc) is 2.72. The first-order valence-corrected chi connectivity index (χ1v) is 9.16. The summed E-state index contributed by atoms with van der Waals surface area (Å²) in [5.41, 5.74) is 1.19. The van der Waals surface area contributed by atoms with Crippen molar-refractivity contribution in [3.63, 3.8) is 0 Å². The van der Waals surface area contributed by atoms with Crippen LogP contribution in [0.15, 0.2) is 36.7 Å². The lowest BCUT2D eigenvalue weighted by molar-refractivity contribution is -0.114. The van der Waals surface area contributed by atoms with Gasteiger partial charge in [0.1, 0.15) is 18.0 Å². The lowest BCUT2D eigenvalue weighted by Gasteiger charge is -2.27. The van der Waals surface area contributed by atoms with Gasteiger partial charge in [-0.1, -0.05) is 0 Å². The summed E-state index contributed by atoms with van der Waals surface area (Å²) in [5, 5.41) is 8.71. The van der Waals surface area contributed by atoms with Crippen molar-refractivity contribution in [1.29, 1.82) is 0 Å². The third-order valence-electron chi connectivity index (χ3n) is 4.17. The average molecular weight is 384 g/mol. The number of nitrogens with zero attached hydrogens (tertiary/aromatic N) is 3. The molecule has 2 amide bonds. The van der Waals surface area contributed by atoms with Crippen LogP contribution in [-0.2, 0) is 9.53 Å². The number of nitrogens with one attached hydrogen (secondary N) is 3. The Morgan fingerprint density at radius 2 is 1.86 bits per heavy atom. The van der Waals surface area contributed by atoms with Crippen LogP contribution in [0.5, 0.6) is 0 Å². The van der Waals surface area contributed by atoms with Gasteiger partial charge in [-0.25, -0.2) is 9.97 Å². The van der Waals surface area contributed by atoms with Gasteiger partial charge in [0.2, 0.25) is 5.91 Å². The smallest absolute Gasteiger partial charge is 0.251 e. The molecule has 0 radical (unpaired) electrons. The molecule has 1 aliphatic rings. The minimum Gasteiger partial charge on any atom is -0.378 e. The summed E-state index contributed by atoms with van der Waals surface area (Å²) in [4.78, 5) is 33.9. The molecule has 1 saturated heterocycles. The number of ether oxygens (including phenoxy) is 1. The van der Waals surface area contributed by atoms with Gasteiger partial charge in [0.15, 0.2) is 0 Å². The van der Waals surface area contributed by atoms with Gasteiger partial charge < -0.3 is 25.6 Å². The van der Waals surface area contributed by atoms with Crippen LogP contribution in [0.25, 0.3) is 0 Å². The zero-order valence-corrected chi connectivity index (χ0v) is 15.8. The number of morpholine rings is 1. The Kier molecular flexibility index (Phi) is 6.74. The fourth-order valence-electron chi connectivity index (χ4n) is 2.79. The van der Waals surface area contributed by atoms with E-state index in [0.717, 1.165) is 18.9 Å². The minimum atomic E-state index is -0.173. The van der Waals surface area contributed by atoms with E-state index in [1.165, 1.54) is 13.3 Å². The number of hydrogen-bond acceptors (Lipinski definition) is 7. The van der Waals surface area contributed by atoms with Crippen molar-refractivity contribution in [2.24, 2.45) is 0 Å². The Hall–Kier alpha value is -3.20. The largest absolute Gasteiger partial charge is 0.378 e. The molecule has 9 nitrogen and oxygen atoms in total. The quantitative estimate of drug-likeness (QED) is 0.614. The first kappa shape index (κ1) is 19.6. The highest BCUT2D eigenvalue weighted by Gasteiger charge is 2.13. The SMILES string of the molecule is CC(=O)Nc1ccc(C(=O)NCCNc2cc(N3CCOCC3)ncn2)cc1. The van der Waals surface area contributed by atoms with Crippen molar-refractivity contribution in [2.45, 2.75) is 6.92 Å². The van der Waals surface area contributed by atoms with Gasteiger partial charge in [0.05, 0.1) is 13.2 Å². The molecule has 0 aliphatic carbocycles. The number of carbonyl (C=O) groups is 2. The van der Waals surface area contributed by atoms with Crippen molar-refractivity contribution in [3.8, 4) is 0 Å². The molecule has 0 bridgehead atoms. The van der Waals surface area contributed by atoms with Gasteiger partial charge in [0, 0.05) is 50.4 Å².